The van der Waals surface area contributed by atoms with E-state index in [0.717, 1.165) is 123 Å². The van der Waals surface area contributed by atoms with Crippen LogP contribution in [0.2, 0.25) is 0 Å². The van der Waals surface area contributed by atoms with Gasteiger partial charge >= 0.3 is 0 Å². The summed E-state index contributed by atoms with van der Waals surface area (Å²) < 4.78 is 7.00. The lowest BCUT2D eigenvalue weighted by molar-refractivity contribution is 0.434. The van der Waals surface area contributed by atoms with Gasteiger partial charge in [-0.05, 0) is 126 Å². The Morgan fingerprint density at radius 3 is 1.02 bits per heavy atom. The molecule has 0 bridgehead atoms. The van der Waals surface area contributed by atoms with Gasteiger partial charge in [0.2, 0.25) is 5.95 Å². The molecule has 0 unspecified atom stereocenters. The summed E-state index contributed by atoms with van der Waals surface area (Å²) >= 11 is 0. The molecule has 0 radical (unpaired) electrons. The van der Waals surface area contributed by atoms with Crippen molar-refractivity contribution in [2.45, 2.75) is 5.41 Å². The van der Waals surface area contributed by atoms with Gasteiger partial charge in [-0.1, -0.05) is 255 Å². The summed E-state index contributed by atoms with van der Waals surface area (Å²) in [6.07, 6.45) is 0. The molecule has 380 valence electrons. The number of nitrogens with zero attached hydrogens (tertiary/aromatic N) is 4. The summed E-state index contributed by atoms with van der Waals surface area (Å²) in [4.78, 5) is 19.0. The molecule has 13 aromatic rings. The van der Waals surface area contributed by atoms with Crippen molar-refractivity contribution in [3.8, 4) is 101 Å². The van der Waals surface area contributed by atoms with Crippen LogP contribution in [0.1, 0.15) is 22.3 Å². The molecule has 0 fully saturated rings. The summed E-state index contributed by atoms with van der Waals surface area (Å²) in [7, 11) is 0. The van der Waals surface area contributed by atoms with Crippen molar-refractivity contribution in [2.24, 2.45) is 0 Å². The summed E-state index contributed by atoms with van der Waals surface area (Å²) in [5.74, 6) is 3.21. The third-order valence-electron chi connectivity index (χ3n) is 16.0. The topological polar surface area (TPSA) is 51.1 Å². The van der Waals surface area contributed by atoms with Gasteiger partial charge in [0.25, 0.3) is 0 Å². The molecule has 0 N–H and O–H groups in total. The van der Waals surface area contributed by atoms with Gasteiger partial charge in [0.15, 0.2) is 11.6 Å². The standard InChI is InChI=1S/C76H50N4O/c1-5-23-51(24-6-1)55-31-21-33-59(47-55)73-77-74(60-34-22-32-56(48-60)52-25-7-2-8-26-52)79-75(78-73)80-69-45-43-57(63-37-15-13-35-61(63)53-27-9-3-10-28-53)49-67(69)76(65-39-17-19-41-71(65)81-72-42-20-18-40-66(72)76)68-50-58(44-46-70(68)80)64-38-16-14-36-62(64)54-29-11-4-12-30-54/h1-50H. The molecule has 2 aliphatic rings. The SMILES string of the molecule is c1ccc(-c2cccc(-c3nc(-c4cccc(-c5ccccc5)c4)nc(N4c5ccc(-c6ccccc6-c6ccccc6)cc5C5(c6ccccc6Oc6ccccc65)c5cc(-c6ccccc6-c6ccccc6)ccc54)n3)c2)cc1. The second-order valence-corrected chi connectivity index (χ2v) is 20.6. The van der Waals surface area contributed by atoms with E-state index < -0.39 is 5.41 Å². The molecule has 0 atom stereocenters. The zero-order valence-electron chi connectivity index (χ0n) is 44.1. The van der Waals surface area contributed by atoms with E-state index in [9.17, 15) is 0 Å². The molecule has 5 nitrogen and oxygen atoms in total. The minimum absolute atomic E-state index is 0.492. The van der Waals surface area contributed by atoms with Crippen LogP contribution in [0, 0.1) is 0 Å². The lowest BCUT2D eigenvalue weighted by atomic mass is 9.60. The molecule has 81 heavy (non-hydrogen) atoms. The molecule has 0 saturated carbocycles. The Hall–Kier alpha value is -10.8. The van der Waals surface area contributed by atoms with Crippen LogP contribution >= 0.6 is 0 Å². The summed E-state index contributed by atoms with van der Waals surface area (Å²) in [5.41, 5.74) is 20.3. The monoisotopic (exact) mass is 1030 g/mol. The smallest absolute Gasteiger partial charge is 0.238 e. The fourth-order valence-corrected chi connectivity index (χ4v) is 12.3. The van der Waals surface area contributed by atoms with Gasteiger partial charge in [-0.2, -0.15) is 9.97 Å². The molecular formula is C76H50N4O. The maximum Gasteiger partial charge on any atom is 0.238 e. The quantitative estimate of drug-likeness (QED) is 0.144. The number of benzene rings is 12. The van der Waals surface area contributed by atoms with Gasteiger partial charge in [-0.15, -0.1) is 0 Å². The largest absolute Gasteiger partial charge is 0.457 e. The Kier molecular flexibility index (Phi) is 11.7. The molecule has 1 aromatic heterocycles. The van der Waals surface area contributed by atoms with Crippen molar-refractivity contribution in [1.29, 1.82) is 0 Å². The third-order valence-corrected chi connectivity index (χ3v) is 16.0. The van der Waals surface area contributed by atoms with Crippen LogP contribution in [0.4, 0.5) is 17.3 Å². The van der Waals surface area contributed by atoms with Crippen LogP contribution in [0.3, 0.4) is 0 Å². The van der Waals surface area contributed by atoms with E-state index in [1.165, 1.54) is 0 Å². The molecule has 15 rings (SSSR count). The number of rotatable bonds is 9. The predicted octanol–water partition coefficient (Wildman–Crippen LogP) is 19.5. The third kappa shape index (κ3) is 8.22. The fourth-order valence-electron chi connectivity index (χ4n) is 12.3. The Bertz CT molecular complexity index is 4220. The van der Waals surface area contributed by atoms with E-state index in [4.69, 9.17) is 19.7 Å². The maximum atomic E-state index is 7.00. The molecular weight excluding hydrogens is 985 g/mol. The second kappa shape index (κ2) is 19.9. The first-order valence-electron chi connectivity index (χ1n) is 27.5. The van der Waals surface area contributed by atoms with Gasteiger partial charge < -0.3 is 4.74 Å². The average molecular weight is 1040 g/mol. The van der Waals surface area contributed by atoms with E-state index in [-0.39, 0.29) is 0 Å². The van der Waals surface area contributed by atoms with E-state index in [1.807, 2.05) is 12.1 Å². The number of hydrogen-bond acceptors (Lipinski definition) is 5. The van der Waals surface area contributed by atoms with Crippen LogP contribution in [-0.4, -0.2) is 15.0 Å². The molecule has 2 aliphatic heterocycles. The Morgan fingerprint density at radius 2 is 0.593 bits per heavy atom. The first-order valence-corrected chi connectivity index (χ1v) is 27.5. The maximum absolute atomic E-state index is 7.00. The lowest BCUT2D eigenvalue weighted by Crippen LogP contribution is -2.40. The minimum atomic E-state index is -0.922. The van der Waals surface area contributed by atoms with Gasteiger partial charge in [-0.25, -0.2) is 4.98 Å². The highest BCUT2D eigenvalue weighted by Crippen LogP contribution is 2.63. The molecule has 0 saturated heterocycles. The number of aromatic nitrogens is 3. The van der Waals surface area contributed by atoms with Crippen molar-refractivity contribution >= 4 is 17.3 Å². The van der Waals surface area contributed by atoms with Gasteiger partial charge in [-0.3, -0.25) is 4.90 Å². The van der Waals surface area contributed by atoms with Crippen LogP contribution in [0.15, 0.2) is 303 Å². The number of fused-ring (bicyclic) bond motifs is 8. The number of para-hydroxylation sites is 2. The van der Waals surface area contributed by atoms with Crippen molar-refractivity contribution in [3.05, 3.63) is 326 Å². The zero-order valence-corrected chi connectivity index (χ0v) is 44.1. The highest BCUT2D eigenvalue weighted by molar-refractivity contribution is 5.95. The molecule has 12 aromatic carbocycles. The van der Waals surface area contributed by atoms with Crippen molar-refractivity contribution in [2.75, 3.05) is 4.90 Å². The Balaban J connectivity index is 1.05. The second-order valence-electron chi connectivity index (χ2n) is 20.6. The summed E-state index contributed by atoms with van der Waals surface area (Å²) in [6.45, 7) is 0. The van der Waals surface area contributed by atoms with Gasteiger partial charge in [0.1, 0.15) is 11.5 Å². The zero-order chi connectivity index (χ0) is 53.7. The Morgan fingerprint density at radius 1 is 0.247 bits per heavy atom. The molecule has 1 spiro atoms. The van der Waals surface area contributed by atoms with E-state index in [0.29, 0.717) is 17.6 Å². The predicted molar refractivity (Wildman–Crippen MR) is 330 cm³/mol. The van der Waals surface area contributed by atoms with Crippen LogP contribution in [0.5, 0.6) is 11.5 Å². The van der Waals surface area contributed by atoms with Gasteiger partial charge in [0.05, 0.1) is 16.8 Å². The molecule has 3 heterocycles. The average Bonchev–Trinajstić information content (AvgIpc) is 3.71. The lowest BCUT2D eigenvalue weighted by Gasteiger charge is -2.48. The Labute approximate surface area is 471 Å². The van der Waals surface area contributed by atoms with E-state index in [1.54, 1.807) is 0 Å². The van der Waals surface area contributed by atoms with Crippen LogP contribution in [-0.2, 0) is 5.41 Å². The van der Waals surface area contributed by atoms with Crippen molar-refractivity contribution in [3.63, 3.8) is 0 Å². The number of ether oxygens (including phenoxy) is 1. The molecule has 0 aliphatic carbocycles. The molecule has 5 heteroatoms. The van der Waals surface area contributed by atoms with Crippen LogP contribution < -0.4 is 9.64 Å². The fraction of sp³-hybridized carbons (Fsp3) is 0.0132. The number of hydrogen-bond donors (Lipinski definition) is 0. The number of anilines is 3. The van der Waals surface area contributed by atoms with Gasteiger partial charge in [0, 0.05) is 22.3 Å². The summed E-state index contributed by atoms with van der Waals surface area (Å²) in [5, 5.41) is 0. The molecule has 0 amide bonds. The highest BCUT2D eigenvalue weighted by Gasteiger charge is 2.52. The minimum Gasteiger partial charge on any atom is -0.457 e. The van der Waals surface area contributed by atoms with Crippen molar-refractivity contribution in [1.82, 2.24) is 15.0 Å². The summed E-state index contributed by atoms with van der Waals surface area (Å²) in [6, 6.07) is 108. The van der Waals surface area contributed by atoms with Crippen molar-refractivity contribution < 1.29 is 4.74 Å². The van der Waals surface area contributed by atoms with Crippen LogP contribution in [0.25, 0.3) is 89.5 Å². The highest BCUT2D eigenvalue weighted by atomic mass is 16.5. The first-order chi connectivity index (χ1) is 40.2. The normalized spacial score (nSPS) is 12.6. The first kappa shape index (κ1) is 47.5. The van der Waals surface area contributed by atoms with E-state index in [2.05, 4.69) is 296 Å². The van der Waals surface area contributed by atoms with E-state index >= 15 is 0 Å².